The van der Waals surface area contributed by atoms with Crippen molar-refractivity contribution in [3.8, 4) is 0 Å². The standard InChI is InChI=1S/C9H18N2/c1-7-2-3-9(7)11-6-8-4-5-10-8/h7-11H,2-6H2,1H3. The Balaban J connectivity index is 1.58. The van der Waals surface area contributed by atoms with Crippen molar-refractivity contribution >= 4 is 0 Å². The molecule has 1 heterocycles. The van der Waals surface area contributed by atoms with Gasteiger partial charge in [-0.05, 0) is 31.7 Å². The molecule has 1 saturated heterocycles. The van der Waals surface area contributed by atoms with Gasteiger partial charge < -0.3 is 10.6 Å². The monoisotopic (exact) mass is 154 g/mol. The van der Waals surface area contributed by atoms with Crippen LogP contribution in [0.4, 0.5) is 0 Å². The minimum atomic E-state index is 0.780. The van der Waals surface area contributed by atoms with Crippen LogP contribution in [-0.2, 0) is 0 Å². The van der Waals surface area contributed by atoms with Crippen molar-refractivity contribution in [3.05, 3.63) is 0 Å². The van der Waals surface area contributed by atoms with Crippen LogP contribution in [0.3, 0.4) is 0 Å². The fourth-order valence-electron chi connectivity index (χ4n) is 1.79. The lowest BCUT2D eigenvalue weighted by atomic mass is 9.81. The highest BCUT2D eigenvalue weighted by Crippen LogP contribution is 2.26. The average molecular weight is 154 g/mol. The van der Waals surface area contributed by atoms with Crippen LogP contribution in [0, 0.1) is 5.92 Å². The zero-order chi connectivity index (χ0) is 7.68. The lowest BCUT2D eigenvalue weighted by Crippen LogP contribution is -2.53. The molecule has 2 aliphatic rings. The Bertz CT molecular complexity index is 132. The van der Waals surface area contributed by atoms with Crippen LogP contribution in [-0.4, -0.2) is 25.2 Å². The van der Waals surface area contributed by atoms with Crippen LogP contribution in [0.2, 0.25) is 0 Å². The quantitative estimate of drug-likeness (QED) is 0.626. The second-order valence-electron chi connectivity index (χ2n) is 4.01. The van der Waals surface area contributed by atoms with Crippen molar-refractivity contribution in [2.45, 2.75) is 38.3 Å². The maximum absolute atomic E-state index is 3.61. The minimum Gasteiger partial charge on any atom is -0.313 e. The van der Waals surface area contributed by atoms with Crippen molar-refractivity contribution in [2.24, 2.45) is 5.92 Å². The summed E-state index contributed by atoms with van der Waals surface area (Å²) in [6, 6.07) is 1.61. The van der Waals surface area contributed by atoms with E-state index in [4.69, 9.17) is 0 Å². The highest BCUT2D eigenvalue weighted by atomic mass is 15.1. The summed E-state index contributed by atoms with van der Waals surface area (Å²) in [7, 11) is 0. The van der Waals surface area contributed by atoms with E-state index in [0.717, 1.165) is 18.0 Å². The number of nitrogens with one attached hydrogen (secondary N) is 2. The molecule has 1 aliphatic heterocycles. The molecule has 0 bridgehead atoms. The summed E-state index contributed by atoms with van der Waals surface area (Å²) >= 11 is 0. The first-order chi connectivity index (χ1) is 5.36. The Morgan fingerprint density at radius 1 is 1.36 bits per heavy atom. The van der Waals surface area contributed by atoms with E-state index in [0.29, 0.717) is 0 Å². The Morgan fingerprint density at radius 3 is 2.55 bits per heavy atom. The van der Waals surface area contributed by atoms with Crippen LogP contribution >= 0.6 is 0 Å². The highest BCUT2D eigenvalue weighted by molar-refractivity contribution is 4.87. The van der Waals surface area contributed by atoms with Gasteiger partial charge in [0.05, 0.1) is 0 Å². The molecular weight excluding hydrogens is 136 g/mol. The van der Waals surface area contributed by atoms with Gasteiger partial charge in [-0.2, -0.15) is 0 Å². The Labute approximate surface area is 68.7 Å². The van der Waals surface area contributed by atoms with Crippen molar-refractivity contribution in [1.29, 1.82) is 0 Å². The summed E-state index contributed by atoms with van der Waals surface area (Å²) in [5.41, 5.74) is 0. The van der Waals surface area contributed by atoms with E-state index in [9.17, 15) is 0 Å². The number of rotatable bonds is 3. The molecule has 1 saturated carbocycles. The van der Waals surface area contributed by atoms with Crippen LogP contribution in [0.1, 0.15) is 26.2 Å². The van der Waals surface area contributed by atoms with E-state index < -0.39 is 0 Å². The molecule has 2 N–H and O–H groups in total. The normalized spacial score (nSPS) is 42.8. The molecule has 0 amide bonds. The van der Waals surface area contributed by atoms with Gasteiger partial charge in [-0.15, -0.1) is 0 Å². The third-order valence-electron chi connectivity index (χ3n) is 3.17. The van der Waals surface area contributed by atoms with Crippen molar-refractivity contribution in [3.63, 3.8) is 0 Å². The predicted molar refractivity (Wildman–Crippen MR) is 46.6 cm³/mol. The third-order valence-corrected chi connectivity index (χ3v) is 3.17. The fraction of sp³-hybridized carbons (Fsp3) is 1.00. The molecule has 0 aromatic carbocycles. The second-order valence-corrected chi connectivity index (χ2v) is 4.01. The smallest absolute Gasteiger partial charge is 0.0204 e. The molecule has 3 atom stereocenters. The Kier molecular flexibility index (Phi) is 2.14. The summed E-state index contributed by atoms with van der Waals surface area (Å²) in [4.78, 5) is 0. The number of hydrogen-bond acceptors (Lipinski definition) is 2. The zero-order valence-electron chi connectivity index (χ0n) is 7.27. The Hall–Kier alpha value is -0.0800. The van der Waals surface area contributed by atoms with E-state index in [1.807, 2.05) is 0 Å². The molecule has 2 heteroatoms. The van der Waals surface area contributed by atoms with Gasteiger partial charge in [0.15, 0.2) is 0 Å². The molecule has 1 aliphatic carbocycles. The van der Waals surface area contributed by atoms with E-state index >= 15 is 0 Å². The lowest BCUT2D eigenvalue weighted by molar-refractivity contribution is 0.212. The van der Waals surface area contributed by atoms with Gasteiger partial charge in [-0.3, -0.25) is 0 Å². The summed E-state index contributed by atoms with van der Waals surface area (Å²) in [5, 5.41) is 7.01. The number of hydrogen-bond donors (Lipinski definition) is 2. The maximum Gasteiger partial charge on any atom is 0.0204 e. The van der Waals surface area contributed by atoms with Gasteiger partial charge in [0, 0.05) is 18.6 Å². The van der Waals surface area contributed by atoms with Crippen molar-refractivity contribution in [1.82, 2.24) is 10.6 Å². The van der Waals surface area contributed by atoms with E-state index in [1.165, 1.54) is 32.4 Å². The van der Waals surface area contributed by atoms with Crippen LogP contribution < -0.4 is 10.6 Å². The maximum atomic E-state index is 3.61. The molecule has 0 aromatic heterocycles. The van der Waals surface area contributed by atoms with Gasteiger partial charge >= 0.3 is 0 Å². The largest absolute Gasteiger partial charge is 0.313 e. The van der Waals surface area contributed by atoms with E-state index in [1.54, 1.807) is 0 Å². The molecule has 0 spiro atoms. The second kappa shape index (κ2) is 3.11. The Morgan fingerprint density at radius 2 is 2.18 bits per heavy atom. The van der Waals surface area contributed by atoms with E-state index in [-0.39, 0.29) is 0 Å². The topological polar surface area (TPSA) is 24.1 Å². The predicted octanol–water partition coefficient (Wildman–Crippen LogP) is 0.736. The van der Waals surface area contributed by atoms with Crippen molar-refractivity contribution < 1.29 is 0 Å². The zero-order valence-corrected chi connectivity index (χ0v) is 7.27. The average Bonchev–Trinajstić information content (AvgIpc) is 1.91. The first-order valence-corrected chi connectivity index (χ1v) is 4.83. The lowest BCUT2D eigenvalue weighted by Gasteiger charge is -2.37. The van der Waals surface area contributed by atoms with Gasteiger partial charge in [-0.25, -0.2) is 0 Å². The van der Waals surface area contributed by atoms with Gasteiger partial charge in [0.2, 0.25) is 0 Å². The molecule has 2 nitrogen and oxygen atoms in total. The minimum absolute atomic E-state index is 0.780. The molecule has 0 radical (unpaired) electrons. The molecule has 11 heavy (non-hydrogen) atoms. The van der Waals surface area contributed by atoms with Gasteiger partial charge in [0.25, 0.3) is 0 Å². The van der Waals surface area contributed by atoms with E-state index in [2.05, 4.69) is 17.6 Å². The molecule has 3 unspecified atom stereocenters. The van der Waals surface area contributed by atoms with Gasteiger partial charge in [-0.1, -0.05) is 6.92 Å². The molecule has 0 aromatic rings. The first-order valence-electron chi connectivity index (χ1n) is 4.83. The summed E-state index contributed by atoms with van der Waals surface area (Å²) in [6.07, 6.45) is 4.19. The third kappa shape index (κ3) is 1.57. The van der Waals surface area contributed by atoms with Crippen molar-refractivity contribution in [2.75, 3.05) is 13.1 Å². The summed E-state index contributed by atoms with van der Waals surface area (Å²) in [5.74, 6) is 0.926. The summed E-state index contributed by atoms with van der Waals surface area (Å²) < 4.78 is 0. The first kappa shape index (κ1) is 7.56. The molecular formula is C9H18N2. The van der Waals surface area contributed by atoms with Crippen LogP contribution in [0.15, 0.2) is 0 Å². The van der Waals surface area contributed by atoms with Gasteiger partial charge in [0.1, 0.15) is 0 Å². The van der Waals surface area contributed by atoms with Crippen LogP contribution in [0.25, 0.3) is 0 Å². The fourth-order valence-corrected chi connectivity index (χ4v) is 1.79. The van der Waals surface area contributed by atoms with Crippen LogP contribution in [0.5, 0.6) is 0 Å². The molecule has 64 valence electrons. The molecule has 2 rings (SSSR count). The SMILES string of the molecule is CC1CCC1NCC1CCN1. The summed E-state index contributed by atoms with van der Waals surface area (Å²) in [6.45, 7) is 4.76. The highest BCUT2D eigenvalue weighted by Gasteiger charge is 2.27. The molecule has 2 fully saturated rings.